The number of nitrogens with one attached hydrogen (secondary N) is 1. The Morgan fingerprint density at radius 2 is 1.74 bits per heavy atom. The first kappa shape index (κ1) is 22.8. The fraction of sp³-hybridized carbons (Fsp3) is 0.391. The molecule has 1 amide bonds. The molecule has 164 valence electrons. The molecule has 8 heteroatoms. The SMILES string of the molecule is CCC(C)NS(=O)(=O)c1ccc(C(=O)N2CCCN(c3ccc(C#N)cc3)CC2)cc1. The summed E-state index contributed by atoms with van der Waals surface area (Å²) in [6.45, 7) is 6.47. The molecular weight excluding hydrogens is 412 g/mol. The van der Waals surface area contributed by atoms with E-state index in [-0.39, 0.29) is 16.8 Å². The number of anilines is 1. The Morgan fingerprint density at radius 3 is 2.35 bits per heavy atom. The van der Waals surface area contributed by atoms with E-state index in [2.05, 4.69) is 15.7 Å². The Labute approximate surface area is 184 Å². The summed E-state index contributed by atoms with van der Waals surface area (Å²) in [6, 6.07) is 15.6. The van der Waals surface area contributed by atoms with Gasteiger partial charge in [0, 0.05) is 43.5 Å². The van der Waals surface area contributed by atoms with Crippen LogP contribution in [0.5, 0.6) is 0 Å². The normalized spacial score (nSPS) is 15.8. The highest BCUT2D eigenvalue weighted by molar-refractivity contribution is 7.89. The summed E-state index contributed by atoms with van der Waals surface area (Å²) in [5.41, 5.74) is 2.14. The second-order valence-electron chi connectivity index (χ2n) is 7.75. The molecule has 1 aliphatic rings. The van der Waals surface area contributed by atoms with E-state index < -0.39 is 10.0 Å². The number of carbonyl (C=O) groups is 1. The summed E-state index contributed by atoms with van der Waals surface area (Å²) in [5, 5.41) is 8.95. The van der Waals surface area contributed by atoms with Crippen molar-refractivity contribution in [3.8, 4) is 6.07 Å². The number of amides is 1. The van der Waals surface area contributed by atoms with Crippen LogP contribution >= 0.6 is 0 Å². The van der Waals surface area contributed by atoms with Gasteiger partial charge in [-0.1, -0.05) is 6.92 Å². The van der Waals surface area contributed by atoms with E-state index >= 15 is 0 Å². The number of carbonyl (C=O) groups excluding carboxylic acids is 1. The Balaban J connectivity index is 1.65. The van der Waals surface area contributed by atoms with Crippen LogP contribution in [0.25, 0.3) is 0 Å². The number of rotatable bonds is 6. The van der Waals surface area contributed by atoms with Gasteiger partial charge >= 0.3 is 0 Å². The quantitative estimate of drug-likeness (QED) is 0.745. The maximum Gasteiger partial charge on any atom is 0.253 e. The molecule has 31 heavy (non-hydrogen) atoms. The topological polar surface area (TPSA) is 93.5 Å². The van der Waals surface area contributed by atoms with Gasteiger partial charge in [-0.2, -0.15) is 5.26 Å². The third-order valence-electron chi connectivity index (χ3n) is 5.52. The van der Waals surface area contributed by atoms with Crippen LogP contribution < -0.4 is 9.62 Å². The molecule has 1 fully saturated rings. The Morgan fingerprint density at radius 1 is 1.06 bits per heavy atom. The van der Waals surface area contributed by atoms with Gasteiger partial charge in [0.25, 0.3) is 5.91 Å². The van der Waals surface area contributed by atoms with Gasteiger partial charge in [0.1, 0.15) is 0 Å². The van der Waals surface area contributed by atoms with Crippen LogP contribution in [0.3, 0.4) is 0 Å². The Bertz CT molecular complexity index is 1040. The molecule has 0 aliphatic carbocycles. The average molecular weight is 441 g/mol. The van der Waals surface area contributed by atoms with Gasteiger partial charge in [-0.3, -0.25) is 4.79 Å². The number of benzene rings is 2. The molecule has 0 aromatic heterocycles. The second kappa shape index (κ2) is 9.94. The van der Waals surface area contributed by atoms with Crippen molar-refractivity contribution in [1.82, 2.24) is 9.62 Å². The predicted octanol–water partition coefficient (Wildman–Crippen LogP) is 2.99. The van der Waals surface area contributed by atoms with Crippen LogP contribution in [-0.2, 0) is 10.0 Å². The average Bonchev–Trinajstić information content (AvgIpc) is 3.04. The number of hydrogen-bond donors (Lipinski definition) is 1. The minimum absolute atomic E-state index is 0.0967. The molecule has 1 aliphatic heterocycles. The van der Waals surface area contributed by atoms with Crippen LogP contribution in [0.2, 0.25) is 0 Å². The lowest BCUT2D eigenvalue weighted by atomic mass is 10.2. The first-order valence-electron chi connectivity index (χ1n) is 10.5. The van der Waals surface area contributed by atoms with Gasteiger partial charge in [-0.15, -0.1) is 0 Å². The van der Waals surface area contributed by atoms with E-state index in [4.69, 9.17) is 5.26 Å². The molecule has 2 aromatic rings. The fourth-order valence-corrected chi connectivity index (χ4v) is 4.83. The maximum atomic E-state index is 13.0. The van der Waals surface area contributed by atoms with Crippen molar-refractivity contribution in [3.05, 3.63) is 59.7 Å². The predicted molar refractivity (Wildman–Crippen MR) is 120 cm³/mol. The smallest absolute Gasteiger partial charge is 0.253 e. The largest absolute Gasteiger partial charge is 0.370 e. The van der Waals surface area contributed by atoms with Crippen LogP contribution in [0.15, 0.2) is 53.4 Å². The van der Waals surface area contributed by atoms with Gasteiger partial charge < -0.3 is 9.80 Å². The molecular formula is C23H28N4O3S. The van der Waals surface area contributed by atoms with Crippen LogP contribution in [0, 0.1) is 11.3 Å². The highest BCUT2D eigenvalue weighted by Gasteiger charge is 2.22. The summed E-state index contributed by atoms with van der Waals surface area (Å²) in [5.74, 6) is -0.0967. The molecule has 1 unspecified atom stereocenters. The number of nitrogens with zero attached hydrogens (tertiary/aromatic N) is 3. The fourth-order valence-electron chi connectivity index (χ4n) is 3.50. The standard InChI is InChI=1S/C23H28N4O3S/c1-3-18(2)25-31(29,30)22-11-7-20(8-12-22)23(28)27-14-4-13-26(15-16-27)21-9-5-19(17-24)6-10-21/h5-12,18,25H,3-4,13-16H2,1-2H3. The zero-order chi connectivity index (χ0) is 22.4. The molecule has 2 aromatic carbocycles. The second-order valence-corrected chi connectivity index (χ2v) is 9.46. The zero-order valence-corrected chi connectivity index (χ0v) is 18.7. The Kier molecular flexibility index (Phi) is 7.31. The van der Waals surface area contributed by atoms with Crippen molar-refractivity contribution >= 4 is 21.6 Å². The van der Waals surface area contributed by atoms with Crippen molar-refractivity contribution in [2.75, 3.05) is 31.1 Å². The van der Waals surface area contributed by atoms with E-state index in [1.54, 1.807) is 24.3 Å². The lowest BCUT2D eigenvalue weighted by Gasteiger charge is -2.24. The lowest BCUT2D eigenvalue weighted by Crippen LogP contribution is -2.35. The number of hydrogen-bond acceptors (Lipinski definition) is 5. The summed E-state index contributed by atoms with van der Waals surface area (Å²) in [7, 11) is -3.59. The molecule has 0 spiro atoms. The minimum Gasteiger partial charge on any atom is -0.370 e. The summed E-state index contributed by atoms with van der Waals surface area (Å²) >= 11 is 0. The van der Waals surface area contributed by atoms with Crippen LogP contribution in [0.4, 0.5) is 5.69 Å². The molecule has 0 radical (unpaired) electrons. The van der Waals surface area contributed by atoms with E-state index in [1.165, 1.54) is 12.1 Å². The molecule has 1 saturated heterocycles. The Hall–Kier alpha value is -2.89. The van der Waals surface area contributed by atoms with Gasteiger partial charge in [-0.05, 0) is 68.3 Å². The van der Waals surface area contributed by atoms with Gasteiger partial charge in [0.2, 0.25) is 10.0 Å². The van der Waals surface area contributed by atoms with Gasteiger partial charge in [0.15, 0.2) is 0 Å². The third-order valence-corrected chi connectivity index (χ3v) is 7.13. The van der Waals surface area contributed by atoms with E-state index in [1.807, 2.05) is 30.9 Å². The van der Waals surface area contributed by atoms with E-state index in [0.29, 0.717) is 37.2 Å². The molecule has 0 bridgehead atoms. The number of nitriles is 1. The monoisotopic (exact) mass is 440 g/mol. The molecule has 1 heterocycles. The van der Waals surface area contributed by atoms with Crippen molar-refractivity contribution in [3.63, 3.8) is 0 Å². The molecule has 1 N–H and O–H groups in total. The third kappa shape index (κ3) is 5.63. The first-order valence-corrected chi connectivity index (χ1v) is 12.0. The van der Waals surface area contributed by atoms with Crippen LogP contribution in [0.1, 0.15) is 42.6 Å². The maximum absolute atomic E-state index is 13.0. The molecule has 7 nitrogen and oxygen atoms in total. The summed E-state index contributed by atoms with van der Waals surface area (Å²) in [4.78, 5) is 17.2. The van der Waals surface area contributed by atoms with E-state index in [9.17, 15) is 13.2 Å². The molecule has 3 rings (SSSR count). The van der Waals surface area contributed by atoms with Crippen molar-refractivity contribution in [2.24, 2.45) is 0 Å². The summed E-state index contributed by atoms with van der Waals surface area (Å²) < 4.78 is 27.4. The minimum atomic E-state index is -3.59. The highest BCUT2D eigenvalue weighted by Crippen LogP contribution is 2.19. The van der Waals surface area contributed by atoms with E-state index in [0.717, 1.165) is 18.7 Å². The summed E-state index contributed by atoms with van der Waals surface area (Å²) in [6.07, 6.45) is 1.53. The first-order chi connectivity index (χ1) is 14.8. The van der Waals surface area contributed by atoms with Crippen molar-refractivity contribution < 1.29 is 13.2 Å². The number of sulfonamides is 1. The van der Waals surface area contributed by atoms with Crippen LogP contribution in [-0.4, -0.2) is 51.4 Å². The van der Waals surface area contributed by atoms with Crippen molar-refractivity contribution in [1.29, 1.82) is 5.26 Å². The lowest BCUT2D eigenvalue weighted by molar-refractivity contribution is 0.0767. The van der Waals surface area contributed by atoms with Crippen molar-refractivity contribution in [2.45, 2.75) is 37.6 Å². The molecule has 1 atom stereocenters. The highest BCUT2D eigenvalue weighted by atomic mass is 32.2. The van der Waals surface area contributed by atoms with Gasteiger partial charge in [0.05, 0.1) is 16.5 Å². The zero-order valence-electron chi connectivity index (χ0n) is 17.9. The molecule has 0 saturated carbocycles. The van der Waals surface area contributed by atoms with Gasteiger partial charge in [-0.25, -0.2) is 13.1 Å².